The average Bonchev–Trinajstić information content (AvgIpc) is 2.70. The molecule has 3 rings (SSSR count). The molecule has 2 aromatic carbocycles. The van der Waals surface area contributed by atoms with Crippen LogP contribution in [-0.4, -0.2) is 25.7 Å². The van der Waals surface area contributed by atoms with Crippen molar-refractivity contribution in [3.63, 3.8) is 0 Å². The van der Waals surface area contributed by atoms with Crippen LogP contribution >= 0.6 is 0 Å². The van der Waals surface area contributed by atoms with Crippen LogP contribution in [0.25, 0.3) is 0 Å². The third-order valence-electron chi connectivity index (χ3n) is 5.13. The lowest BCUT2D eigenvalue weighted by molar-refractivity contribution is 0.285. The van der Waals surface area contributed by atoms with E-state index in [1.165, 1.54) is 5.56 Å². The molecule has 2 aromatic rings. The van der Waals surface area contributed by atoms with Crippen LogP contribution in [0, 0.1) is 0 Å². The molecule has 3 nitrogen and oxygen atoms in total. The van der Waals surface area contributed by atoms with Gasteiger partial charge in [-0.3, -0.25) is 0 Å². The fraction of sp³-hybridized carbons (Fsp3) is 0.304. The second kappa shape index (κ2) is 8.13. The van der Waals surface area contributed by atoms with Crippen molar-refractivity contribution in [3.05, 3.63) is 84.6 Å². The Morgan fingerprint density at radius 3 is 2.50 bits per heavy atom. The molecule has 0 fully saturated rings. The van der Waals surface area contributed by atoms with Crippen LogP contribution in [0.15, 0.2) is 73.5 Å². The van der Waals surface area contributed by atoms with E-state index in [-0.39, 0.29) is 5.41 Å². The van der Waals surface area contributed by atoms with Crippen LogP contribution in [0.5, 0.6) is 11.5 Å². The van der Waals surface area contributed by atoms with Gasteiger partial charge in [0.2, 0.25) is 0 Å². The number of rotatable bonds is 7. The Morgan fingerprint density at radius 2 is 1.88 bits per heavy atom. The molecule has 0 aromatic heterocycles. The second-order valence-electron chi connectivity index (χ2n) is 6.71. The minimum absolute atomic E-state index is 0.116. The van der Waals surface area contributed by atoms with Crippen molar-refractivity contribution in [2.45, 2.75) is 24.8 Å². The van der Waals surface area contributed by atoms with E-state index in [2.05, 4.69) is 60.2 Å². The van der Waals surface area contributed by atoms with Gasteiger partial charge in [0.05, 0.1) is 14.2 Å². The highest BCUT2D eigenvalue weighted by atomic mass is 16.5. The molecule has 1 atom stereocenters. The Kier molecular flexibility index (Phi) is 5.67. The molecular weight excluding hydrogens is 322 g/mol. The molecule has 0 bridgehead atoms. The van der Waals surface area contributed by atoms with Crippen molar-refractivity contribution in [1.82, 2.24) is 4.90 Å². The Hall–Kier alpha value is -2.68. The van der Waals surface area contributed by atoms with E-state index in [0.29, 0.717) is 0 Å². The molecular formula is C23H27NO2. The molecule has 1 aliphatic heterocycles. The van der Waals surface area contributed by atoms with E-state index >= 15 is 0 Å². The van der Waals surface area contributed by atoms with Gasteiger partial charge >= 0.3 is 0 Å². The predicted molar refractivity (Wildman–Crippen MR) is 107 cm³/mol. The summed E-state index contributed by atoms with van der Waals surface area (Å²) in [6.45, 7) is 5.90. The van der Waals surface area contributed by atoms with Gasteiger partial charge in [-0.15, -0.1) is 6.58 Å². The molecule has 3 heteroatoms. The molecule has 0 saturated heterocycles. The average molecular weight is 349 g/mol. The van der Waals surface area contributed by atoms with Gasteiger partial charge in [0.15, 0.2) is 11.5 Å². The zero-order valence-corrected chi connectivity index (χ0v) is 15.7. The monoisotopic (exact) mass is 349 g/mol. The van der Waals surface area contributed by atoms with Gasteiger partial charge < -0.3 is 14.4 Å². The lowest BCUT2D eigenvalue weighted by atomic mass is 9.73. The molecule has 1 heterocycles. The molecule has 0 amide bonds. The molecule has 0 aliphatic carbocycles. The van der Waals surface area contributed by atoms with Gasteiger partial charge in [0, 0.05) is 24.1 Å². The third kappa shape index (κ3) is 3.62. The lowest BCUT2D eigenvalue weighted by Crippen LogP contribution is -2.34. The zero-order chi connectivity index (χ0) is 18.4. The SMILES string of the molecule is C=CCC1(c2cccc(OC)c2OC)C=CN(Cc2ccccc2)CC1. The highest BCUT2D eigenvalue weighted by molar-refractivity contribution is 5.52. The first-order chi connectivity index (χ1) is 12.7. The van der Waals surface area contributed by atoms with Crippen LogP contribution in [-0.2, 0) is 12.0 Å². The topological polar surface area (TPSA) is 21.7 Å². The summed E-state index contributed by atoms with van der Waals surface area (Å²) < 4.78 is 11.2. The van der Waals surface area contributed by atoms with Crippen LogP contribution in [0.4, 0.5) is 0 Å². The summed E-state index contributed by atoms with van der Waals surface area (Å²) >= 11 is 0. The summed E-state index contributed by atoms with van der Waals surface area (Å²) in [6, 6.07) is 16.7. The zero-order valence-electron chi connectivity index (χ0n) is 15.7. The molecule has 136 valence electrons. The number of methoxy groups -OCH3 is 2. The maximum absolute atomic E-state index is 5.71. The fourth-order valence-corrected chi connectivity index (χ4v) is 3.74. The molecule has 1 unspecified atom stereocenters. The predicted octanol–water partition coefficient (Wildman–Crippen LogP) is 4.94. The number of ether oxygens (including phenoxy) is 2. The number of nitrogens with zero attached hydrogens (tertiary/aromatic N) is 1. The Bertz CT molecular complexity index is 769. The summed E-state index contributed by atoms with van der Waals surface area (Å²) in [5, 5.41) is 0. The van der Waals surface area contributed by atoms with Crippen molar-refractivity contribution < 1.29 is 9.47 Å². The first kappa shape index (κ1) is 18.1. The first-order valence-electron chi connectivity index (χ1n) is 9.02. The normalized spacial score (nSPS) is 19.2. The van der Waals surface area contributed by atoms with Crippen LogP contribution in [0.2, 0.25) is 0 Å². The summed E-state index contributed by atoms with van der Waals surface area (Å²) in [5.74, 6) is 1.59. The summed E-state index contributed by atoms with van der Waals surface area (Å²) in [7, 11) is 3.39. The second-order valence-corrected chi connectivity index (χ2v) is 6.71. The van der Waals surface area contributed by atoms with Gasteiger partial charge in [-0.25, -0.2) is 0 Å². The van der Waals surface area contributed by atoms with Crippen LogP contribution in [0.3, 0.4) is 0 Å². The van der Waals surface area contributed by atoms with E-state index in [1.54, 1.807) is 14.2 Å². The highest BCUT2D eigenvalue weighted by Gasteiger charge is 2.35. The van der Waals surface area contributed by atoms with E-state index in [1.807, 2.05) is 18.2 Å². The number of para-hydroxylation sites is 1. The Morgan fingerprint density at radius 1 is 1.08 bits per heavy atom. The van der Waals surface area contributed by atoms with Crippen LogP contribution < -0.4 is 9.47 Å². The van der Waals surface area contributed by atoms with E-state index < -0.39 is 0 Å². The minimum atomic E-state index is -0.116. The fourth-order valence-electron chi connectivity index (χ4n) is 3.74. The van der Waals surface area contributed by atoms with Gasteiger partial charge in [0.1, 0.15) is 0 Å². The quantitative estimate of drug-likeness (QED) is 0.661. The van der Waals surface area contributed by atoms with Gasteiger partial charge in [-0.1, -0.05) is 54.6 Å². The van der Waals surface area contributed by atoms with Gasteiger partial charge in [0.25, 0.3) is 0 Å². The highest BCUT2D eigenvalue weighted by Crippen LogP contribution is 2.45. The molecule has 1 aliphatic rings. The smallest absolute Gasteiger partial charge is 0.164 e. The van der Waals surface area contributed by atoms with Crippen molar-refractivity contribution in [2.24, 2.45) is 0 Å². The van der Waals surface area contributed by atoms with E-state index in [4.69, 9.17) is 9.47 Å². The van der Waals surface area contributed by atoms with Crippen molar-refractivity contribution >= 4 is 0 Å². The number of allylic oxidation sites excluding steroid dienone is 2. The molecule has 0 saturated carbocycles. The number of hydrogen-bond donors (Lipinski definition) is 0. The Balaban J connectivity index is 1.91. The first-order valence-corrected chi connectivity index (χ1v) is 9.02. The molecule has 0 spiro atoms. The minimum Gasteiger partial charge on any atom is -0.493 e. The molecule has 26 heavy (non-hydrogen) atoms. The van der Waals surface area contributed by atoms with Crippen LogP contribution in [0.1, 0.15) is 24.0 Å². The van der Waals surface area contributed by atoms with E-state index in [9.17, 15) is 0 Å². The van der Waals surface area contributed by atoms with Crippen molar-refractivity contribution in [3.8, 4) is 11.5 Å². The third-order valence-corrected chi connectivity index (χ3v) is 5.13. The lowest BCUT2D eigenvalue weighted by Gasteiger charge is -2.38. The molecule has 0 N–H and O–H groups in total. The van der Waals surface area contributed by atoms with E-state index in [0.717, 1.165) is 43.0 Å². The van der Waals surface area contributed by atoms with Crippen molar-refractivity contribution in [1.29, 1.82) is 0 Å². The van der Waals surface area contributed by atoms with Gasteiger partial charge in [-0.05, 0) is 30.7 Å². The summed E-state index contributed by atoms with van der Waals surface area (Å²) in [6.07, 6.45) is 8.39. The molecule has 0 radical (unpaired) electrons. The summed E-state index contributed by atoms with van der Waals surface area (Å²) in [4.78, 5) is 2.36. The standard InChI is InChI=1S/C23H27NO2/c1-4-13-23(20-11-8-12-21(25-2)22(20)26-3)14-16-24(17-15-23)18-19-9-6-5-7-10-19/h4-12,14,16H,1,13,15,17-18H2,2-3H3. The van der Waals surface area contributed by atoms with Crippen molar-refractivity contribution in [2.75, 3.05) is 20.8 Å². The largest absolute Gasteiger partial charge is 0.493 e. The Labute approximate surface area is 156 Å². The number of hydrogen-bond acceptors (Lipinski definition) is 3. The maximum Gasteiger partial charge on any atom is 0.164 e. The maximum atomic E-state index is 5.71. The summed E-state index contributed by atoms with van der Waals surface area (Å²) in [5.41, 5.74) is 2.37. The number of benzene rings is 2. The van der Waals surface area contributed by atoms with Gasteiger partial charge in [-0.2, -0.15) is 0 Å².